The molecule has 0 fully saturated rings. The number of esters is 1. The van der Waals surface area contributed by atoms with E-state index < -0.39 is 23.9 Å². The minimum Gasteiger partial charge on any atom is -0.449 e. The van der Waals surface area contributed by atoms with Crippen molar-refractivity contribution < 1.29 is 19.1 Å². The highest BCUT2D eigenvalue weighted by Crippen LogP contribution is 2.11. The van der Waals surface area contributed by atoms with Crippen molar-refractivity contribution in [2.24, 2.45) is 12.8 Å². The van der Waals surface area contributed by atoms with Gasteiger partial charge in [-0.15, -0.1) is 0 Å². The van der Waals surface area contributed by atoms with Crippen molar-refractivity contribution in [1.29, 1.82) is 0 Å². The average molecular weight is 316 g/mol. The first-order valence-electron chi connectivity index (χ1n) is 6.77. The third-order valence-corrected chi connectivity index (χ3v) is 3.03. The molecule has 23 heavy (non-hydrogen) atoms. The molecular formula is C15H16N4O4. The third-order valence-electron chi connectivity index (χ3n) is 3.03. The SMILES string of the molecule is CC(OC(=O)c1cnn(C)c1)C(=O)Nc1ccc(C(N)=O)cc1. The molecule has 1 aromatic carbocycles. The van der Waals surface area contributed by atoms with E-state index in [9.17, 15) is 14.4 Å². The van der Waals surface area contributed by atoms with Gasteiger partial charge in [-0.25, -0.2) is 4.79 Å². The van der Waals surface area contributed by atoms with Gasteiger partial charge < -0.3 is 15.8 Å². The number of primary amides is 1. The lowest BCUT2D eigenvalue weighted by molar-refractivity contribution is -0.123. The van der Waals surface area contributed by atoms with Crippen molar-refractivity contribution in [3.05, 3.63) is 47.8 Å². The van der Waals surface area contributed by atoms with Gasteiger partial charge >= 0.3 is 5.97 Å². The van der Waals surface area contributed by atoms with Crippen LogP contribution in [0.4, 0.5) is 5.69 Å². The summed E-state index contributed by atoms with van der Waals surface area (Å²) in [4.78, 5) is 34.8. The number of carbonyl (C=O) groups excluding carboxylic acids is 3. The number of aryl methyl sites for hydroxylation is 1. The number of rotatable bonds is 5. The lowest BCUT2D eigenvalue weighted by Crippen LogP contribution is -2.29. The molecular weight excluding hydrogens is 300 g/mol. The number of benzene rings is 1. The Morgan fingerprint density at radius 1 is 1.22 bits per heavy atom. The maximum absolute atomic E-state index is 12.0. The second kappa shape index (κ2) is 6.73. The topological polar surface area (TPSA) is 116 Å². The Morgan fingerprint density at radius 2 is 1.87 bits per heavy atom. The summed E-state index contributed by atoms with van der Waals surface area (Å²) in [5.41, 5.74) is 6.19. The van der Waals surface area contributed by atoms with Crippen LogP contribution in [0, 0.1) is 0 Å². The molecule has 8 heteroatoms. The normalized spacial score (nSPS) is 11.6. The molecule has 2 amide bonds. The van der Waals surface area contributed by atoms with E-state index in [1.54, 1.807) is 7.05 Å². The van der Waals surface area contributed by atoms with Gasteiger partial charge in [-0.2, -0.15) is 5.10 Å². The van der Waals surface area contributed by atoms with Crippen LogP contribution in [0.25, 0.3) is 0 Å². The molecule has 0 spiro atoms. The Hall–Kier alpha value is -3.16. The van der Waals surface area contributed by atoms with Crippen LogP contribution in [0.5, 0.6) is 0 Å². The lowest BCUT2D eigenvalue weighted by atomic mass is 10.2. The first kappa shape index (κ1) is 16.2. The van der Waals surface area contributed by atoms with Crippen LogP contribution < -0.4 is 11.1 Å². The van der Waals surface area contributed by atoms with Gasteiger partial charge in [0.05, 0.1) is 11.8 Å². The van der Waals surface area contributed by atoms with Crippen LogP contribution in [0.1, 0.15) is 27.6 Å². The van der Waals surface area contributed by atoms with Gasteiger partial charge in [-0.1, -0.05) is 0 Å². The van der Waals surface area contributed by atoms with Crippen molar-refractivity contribution in [2.45, 2.75) is 13.0 Å². The molecule has 0 saturated carbocycles. The number of nitrogens with one attached hydrogen (secondary N) is 1. The molecule has 1 heterocycles. The van der Waals surface area contributed by atoms with E-state index in [0.29, 0.717) is 11.3 Å². The predicted octanol–water partition coefficient (Wildman–Crippen LogP) is 0.703. The van der Waals surface area contributed by atoms with Crippen molar-refractivity contribution >= 4 is 23.5 Å². The Morgan fingerprint density at radius 3 is 2.39 bits per heavy atom. The van der Waals surface area contributed by atoms with Crippen molar-refractivity contribution in [3.8, 4) is 0 Å². The molecule has 0 radical (unpaired) electrons. The molecule has 0 aliphatic heterocycles. The number of nitrogens with two attached hydrogens (primary N) is 1. The van der Waals surface area contributed by atoms with Crippen molar-refractivity contribution in [1.82, 2.24) is 9.78 Å². The van der Waals surface area contributed by atoms with Crippen LogP contribution in [0.2, 0.25) is 0 Å². The summed E-state index contributed by atoms with van der Waals surface area (Å²) in [6.45, 7) is 1.46. The zero-order valence-electron chi connectivity index (χ0n) is 12.6. The van der Waals surface area contributed by atoms with E-state index in [0.717, 1.165) is 0 Å². The number of hydrogen-bond acceptors (Lipinski definition) is 5. The summed E-state index contributed by atoms with van der Waals surface area (Å²) in [5, 5.41) is 6.44. The Balaban J connectivity index is 1.94. The van der Waals surface area contributed by atoms with Gasteiger partial charge in [-0.05, 0) is 31.2 Å². The van der Waals surface area contributed by atoms with E-state index >= 15 is 0 Å². The monoisotopic (exact) mass is 316 g/mol. The molecule has 1 aromatic heterocycles. The molecule has 3 N–H and O–H groups in total. The maximum atomic E-state index is 12.0. The fourth-order valence-electron chi connectivity index (χ4n) is 1.77. The summed E-state index contributed by atoms with van der Waals surface area (Å²) in [7, 11) is 1.67. The zero-order valence-corrected chi connectivity index (χ0v) is 12.6. The summed E-state index contributed by atoms with van der Waals surface area (Å²) >= 11 is 0. The van der Waals surface area contributed by atoms with Gasteiger partial charge in [-0.3, -0.25) is 14.3 Å². The molecule has 1 atom stereocenters. The summed E-state index contributed by atoms with van der Waals surface area (Å²) < 4.78 is 6.53. The lowest BCUT2D eigenvalue weighted by Gasteiger charge is -2.13. The minimum atomic E-state index is -0.987. The van der Waals surface area contributed by atoms with Gasteiger partial charge in [0.25, 0.3) is 5.91 Å². The second-order valence-electron chi connectivity index (χ2n) is 4.88. The number of ether oxygens (including phenoxy) is 1. The summed E-state index contributed by atoms with van der Waals surface area (Å²) in [5.74, 6) is -1.68. The third kappa shape index (κ3) is 4.16. The summed E-state index contributed by atoms with van der Waals surface area (Å²) in [6, 6.07) is 6.05. The highest BCUT2D eigenvalue weighted by atomic mass is 16.5. The highest BCUT2D eigenvalue weighted by molar-refractivity contribution is 5.98. The molecule has 1 unspecified atom stereocenters. The number of aromatic nitrogens is 2. The molecule has 120 valence electrons. The molecule has 2 rings (SSSR count). The molecule has 0 saturated heterocycles. The predicted molar refractivity (Wildman–Crippen MR) is 81.7 cm³/mol. The number of amides is 2. The molecule has 0 bridgehead atoms. The van der Waals surface area contributed by atoms with E-state index in [1.807, 2.05) is 0 Å². The highest BCUT2D eigenvalue weighted by Gasteiger charge is 2.20. The standard InChI is InChI=1S/C15H16N4O4/c1-9(23-15(22)11-7-17-19(2)8-11)14(21)18-12-5-3-10(4-6-12)13(16)20/h3-9H,1-2H3,(H2,16,20)(H,18,21). The van der Waals surface area contributed by atoms with E-state index in [1.165, 1.54) is 48.3 Å². The summed E-state index contributed by atoms with van der Waals surface area (Å²) in [6.07, 6.45) is 1.86. The fourth-order valence-corrected chi connectivity index (χ4v) is 1.77. The second-order valence-corrected chi connectivity index (χ2v) is 4.88. The van der Waals surface area contributed by atoms with E-state index in [2.05, 4.69) is 10.4 Å². The molecule has 8 nitrogen and oxygen atoms in total. The van der Waals surface area contributed by atoms with Gasteiger partial charge in [0.2, 0.25) is 5.91 Å². The maximum Gasteiger partial charge on any atom is 0.342 e. The van der Waals surface area contributed by atoms with Crippen LogP contribution in [-0.2, 0) is 16.6 Å². The number of hydrogen-bond donors (Lipinski definition) is 2. The smallest absolute Gasteiger partial charge is 0.342 e. The fraction of sp³-hybridized carbons (Fsp3) is 0.200. The van der Waals surface area contributed by atoms with Gasteiger partial charge in [0, 0.05) is 24.5 Å². The van der Waals surface area contributed by atoms with Crippen LogP contribution in [0.3, 0.4) is 0 Å². The first-order chi connectivity index (χ1) is 10.9. The Labute approximate surface area is 132 Å². The zero-order chi connectivity index (χ0) is 17.0. The Bertz CT molecular complexity index is 736. The molecule has 0 aliphatic carbocycles. The van der Waals surface area contributed by atoms with Gasteiger partial charge in [0.1, 0.15) is 0 Å². The van der Waals surface area contributed by atoms with Crippen LogP contribution in [-0.4, -0.2) is 33.7 Å². The van der Waals surface area contributed by atoms with Gasteiger partial charge in [0.15, 0.2) is 6.10 Å². The quantitative estimate of drug-likeness (QED) is 0.788. The van der Waals surface area contributed by atoms with Crippen LogP contribution in [0.15, 0.2) is 36.7 Å². The Kier molecular flexibility index (Phi) is 4.75. The number of anilines is 1. The molecule has 0 aliphatic rings. The van der Waals surface area contributed by atoms with Crippen LogP contribution >= 0.6 is 0 Å². The van der Waals surface area contributed by atoms with E-state index in [4.69, 9.17) is 10.5 Å². The largest absolute Gasteiger partial charge is 0.449 e. The minimum absolute atomic E-state index is 0.262. The van der Waals surface area contributed by atoms with E-state index in [-0.39, 0.29) is 5.56 Å². The van der Waals surface area contributed by atoms with Crippen molar-refractivity contribution in [3.63, 3.8) is 0 Å². The molecule has 2 aromatic rings. The number of carbonyl (C=O) groups is 3. The average Bonchev–Trinajstić information content (AvgIpc) is 2.94. The first-order valence-corrected chi connectivity index (χ1v) is 6.77. The number of nitrogens with zero attached hydrogens (tertiary/aromatic N) is 2. The van der Waals surface area contributed by atoms with Crippen molar-refractivity contribution in [2.75, 3.05) is 5.32 Å².